The second-order valence-corrected chi connectivity index (χ2v) is 1.60. The van der Waals surface area contributed by atoms with Crippen LogP contribution in [-0.2, 0) is 4.84 Å². The molecular formula is C8H12N2O. The summed E-state index contributed by atoms with van der Waals surface area (Å²) in [5, 5.41) is 3.46. The van der Waals surface area contributed by atoms with Crippen LogP contribution in [0.25, 0.3) is 0 Å². The first kappa shape index (κ1) is 9.62. The van der Waals surface area contributed by atoms with Gasteiger partial charge in [0.1, 0.15) is 7.11 Å². The van der Waals surface area contributed by atoms with E-state index in [1.165, 1.54) is 13.3 Å². The molecule has 0 atom stereocenters. The fourth-order valence-corrected chi connectivity index (χ4v) is 0.387. The summed E-state index contributed by atoms with van der Waals surface area (Å²) in [6.45, 7) is 1.94. The van der Waals surface area contributed by atoms with E-state index in [1.54, 1.807) is 12.4 Å². The minimum atomic E-state index is 1.47. The van der Waals surface area contributed by atoms with E-state index in [2.05, 4.69) is 15.0 Å². The van der Waals surface area contributed by atoms with Crippen LogP contribution in [0.15, 0.2) is 34.6 Å². The molecule has 0 aromatic carbocycles. The van der Waals surface area contributed by atoms with Crippen molar-refractivity contribution in [2.45, 2.75) is 6.92 Å². The highest BCUT2D eigenvalue weighted by Crippen LogP contribution is 1.75. The van der Waals surface area contributed by atoms with Crippen LogP contribution in [0, 0.1) is 0 Å². The number of allylic oxidation sites excluding steroid dienone is 3. The number of aliphatic imine (C=N–C) groups is 1. The number of rotatable bonds is 4. The molecule has 0 spiro atoms. The predicted octanol–water partition coefficient (Wildman–Crippen LogP) is 1.78. The first-order valence-electron chi connectivity index (χ1n) is 3.28. The molecule has 0 saturated carbocycles. The van der Waals surface area contributed by atoms with Crippen molar-refractivity contribution in [1.82, 2.24) is 0 Å². The lowest BCUT2D eigenvalue weighted by atomic mass is 10.5. The van der Waals surface area contributed by atoms with Crippen LogP contribution in [0.3, 0.4) is 0 Å². The summed E-state index contributed by atoms with van der Waals surface area (Å²) in [6, 6.07) is 0. The third-order valence-electron chi connectivity index (χ3n) is 0.795. The molecule has 0 saturated heterocycles. The summed E-state index contributed by atoms with van der Waals surface area (Å²) in [4.78, 5) is 8.27. The van der Waals surface area contributed by atoms with Gasteiger partial charge in [0.2, 0.25) is 0 Å². The maximum absolute atomic E-state index is 4.41. The van der Waals surface area contributed by atoms with E-state index in [1.807, 2.05) is 25.2 Å². The van der Waals surface area contributed by atoms with Gasteiger partial charge in [0.05, 0.1) is 6.21 Å². The Morgan fingerprint density at radius 2 is 2.00 bits per heavy atom. The molecule has 0 aromatic rings. The Labute approximate surface area is 66.8 Å². The summed E-state index contributed by atoms with van der Waals surface area (Å²) in [6.07, 6.45) is 10.3. The van der Waals surface area contributed by atoms with Gasteiger partial charge >= 0.3 is 0 Å². The van der Waals surface area contributed by atoms with Crippen LogP contribution >= 0.6 is 0 Å². The second kappa shape index (κ2) is 8.62. The van der Waals surface area contributed by atoms with Gasteiger partial charge in [-0.1, -0.05) is 17.3 Å². The molecule has 0 bridgehead atoms. The van der Waals surface area contributed by atoms with Crippen LogP contribution in [-0.4, -0.2) is 19.5 Å². The second-order valence-electron chi connectivity index (χ2n) is 1.60. The highest BCUT2D eigenvalue weighted by molar-refractivity contribution is 6.15. The Hall–Kier alpha value is -1.38. The highest BCUT2D eigenvalue weighted by atomic mass is 16.6. The van der Waals surface area contributed by atoms with Crippen LogP contribution in [0.1, 0.15) is 6.92 Å². The Morgan fingerprint density at radius 1 is 1.18 bits per heavy atom. The summed E-state index contributed by atoms with van der Waals surface area (Å²) in [5.74, 6) is 0. The number of hydrogen-bond acceptors (Lipinski definition) is 3. The van der Waals surface area contributed by atoms with E-state index in [4.69, 9.17) is 0 Å². The van der Waals surface area contributed by atoms with Crippen molar-refractivity contribution in [3.8, 4) is 0 Å². The fraction of sp³-hybridized carbons (Fsp3) is 0.250. The minimum Gasteiger partial charge on any atom is -0.399 e. The third kappa shape index (κ3) is 8.62. The molecule has 0 fully saturated rings. The standard InChI is InChI=1S/C8H12N2O/c1-3-4-5-6-9-7-8-10-11-2/h3-8H,1-2H3/b4-3-,6-5-,9-7+,10-8+. The number of hydrogen-bond donors (Lipinski definition) is 0. The molecule has 0 aliphatic rings. The van der Waals surface area contributed by atoms with Crippen molar-refractivity contribution in [2.75, 3.05) is 7.11 Å². The lowest BCUT2D eigenvalue weighted by Crippen LogP contribution is -1.74. The lowest BCUT2D eigenvalue weighted by molar-refractivity contribution is 0.216. The molecule has 3 heteroatoms. The van der Waals surface area contributed by atoms with E-state index in [0.29, 0.717) is 0 Å². The molecule has 0 N–H and O–H groups in total. The van der Waals surface area contributed by atoms with E-state index < -0.39 is 0 Å². The zero-order chi connectivity index (χ0) is 8.36. The van der Waals surface area contributed by atoms with Gasteiger partial charge in [-0.05, 0) is 13.0 Å². The normalized spacial score (nSPS) is 12.9. The Morgan fingerprint density at radius 3 is 2.64 bits per heavy atom. The lowest BCUT2D eigenvalue weighted by Gasteiger charge is -1.78. The first-order chi connectivity index (χ1) is 5.41. The zero-order valence-corrected chi connectivity index (χ0v) is 6.77. The zero-order valence-electron chi connectivity index (χ0n) is 6.77. The van der Waals surface area contributed by atoms with Crippen molar-refractivity contribution in [3.63, 3.8) is 0 Å². The molecule has 0 heterocycles. The topological polar surface area (TPSA) is 34.0 Å². The molecule has 0 amide bonds. The number of oxime groups is 1. The minimum absolute atomic E-state index is 1.47. The molecular weight excluding hydrogens is 140 g/mol. The van der Waals surface area contributed by atoms with E-state index in [-0.39, 0.29) is 0 Å². The summed E-state index contributed by atoms with van der Waals surface area (Å²) >= 11 is 0. The van der Waals surface area contributed by atoms with E-state index in [0.717, 1.165) is 0 Å². The van der Waals surface area contributed by atoms with Crippen molar-refractivity contribution >= 4 is 12.4 Å². The van der Waals surface area contributed by atoms with Crippen molar-refractivity contribution in [2.24, 2.45) is 10.1 Å². The Bertz CT molecular complexity index is 181. The maximum Gasteiger partial charge on any atom is 0.106 e. The summed E-state index contributed by atoms with van der Waals surface area (Å²) < 4.78 is 0. The first-order valence-corrected chi connectivity index (χ1v) is 3.28. The van der Waals surface area contributed by atoms with Crippen LogP contribution < -0.4 is 0 Å². The van der Waals surface area contributed by atoms with Gasteiger partial charge in [-0.2, -0.15) is 0 Å². The van der Waals surface area contributed by atoms with Gasteiger partial charge in [0.15, 0.2) is 0 Å². The largest absolute Gasteiger partial charge is 0.399 e. The van der Waals surface area contributed by atoms with Gasteiger partial charge in [0, 0.05) is 12.4 Å². The quantitative estimate of drug-likeness (QED) is 0.343. The molecule has 0 rings (SSSR count). The summed E-state index contributed by atoms with van der Waals surface area (Å²) in [5.41, 5.74) is 0. The Balaban J connectivity index is 3.51. The van der Waals surface area contributed by atoms with Crippen LogP contribution in [0.5, 0.6) is 0 Å². The summed E-state index contributed by atoms with van der Waals surface area (Å²) in [7, 11) is 1.49. The number of nitrogens with zero attached hydrogens (tertiary/aromatic N) is 2. The highest BCUT2D eigenvalue weighted by Gasteiger charge is 1.62. The van der Waals surface area contributed by atoms with Crippen molar-refractivity contribution in [1.29, 1.82) is 0 Å². The monoisotopic (exact) mass is 152 g/mol. The molecule has 0 aliphatic heterocycles. The van der Waals surface area contributed by atoms with Crippen molar-refractivity contribution < 1.29 is 4.84 Å². The predicted molar refractivity (Wildman–Crippen MR) is 47.9 cm³/mol. The average Bonchev–Trinajstić information content (AvgIpc) is 2.03. The molecule has 0 aromatic heterocycles. The molecule has 3 nitrogen and oxygen atoms in total. The molecule has 11 heavy (non-hydrogen) atoms. The van der Waals surface area contributed by atoms with Gasteiger partial charge in [-0.3, -0.25) is 4.99 Å². The fourth-order valence-electron chi connectivity index (χ4n) is 0.387. The van der Waals surface area contributed by atoms with Gasteiger partial charge in [0.25, 0.3) is 0 Å². The van der Waals surface area contributed by atoms with E-state index >= 15 is 0 Å². The van der Waals surface area contributed by atoms with Gasteiger partial charge in [-0.25, -0.2) is 0 Å². The Kier molecular flexibility index (Phi) is 7.54. The third-order valence-corrected chi connectivity index (χ3v) is 0.795. The van der Waals surface area contributed by atoms with Gasteiger partial charge in [-0.15, -0.1) is 0 Å². The molecule has 0 radical (unpaired) electrons. The van der Waals surface area contributed by atoms with Crippen LogP contribution in [0.2, 0.25) is 0 Å². The molecule has 0 aliphatic carbocycles. The smallest absolute Gasteiger partial charge is 0.106 e. The molecule has 60 valence electrons. The van der Waals surface area contributed by atoms with E-state index in [9.17, 15) is 0 Å². The van der Waals surface area contributed by atoms with Gasteiger partial charge < -0.3 is 4.84 Å². The molecule has 0 unspecified atom stereocenters. The maximum atomic E-state index is 4.41. The average molecular weight is 152 g/mol. The van der Waals surface area contributed by atoms with Crippen LogP contribution in [0.4, 0.5) is 0 Å². The SMILES string of the molecule is C\C=C/C=C\N=C\C=N\OC. The van der Waals surface area contributed by atoms with Crippen molar-refractivity contribution in [3.05, 3.63) is 24.4 Å².